The van der Waals surface area contributed by atoms with Gasteiger partial charge in [0.05, 0.1) is 0 Å². The molecule has 1 N–H and O–H groups in total. The first kappa shape index (κ1) is 22.1. The highest BCUT2D eigenvalue weighted by Crippen LogP contribution is 2.40. The molecule has 0 spiro atoms. The van der Waals surface area contributed by atoms with Crippen LogP contribution < -0.4 is 10.1 Å². The maximum absolute atomic E-state index is 13.0. The maximum Gasteiger partial charge on any atom is 0.255 e. The Hall–Kier alpha value is -2.41. The zero-order valence-electron chi connectivity index (χ0n) is 19.8. The summed E-state index contributed by atoms with van der Waals surface area (Å²) in [6.45, 7) is 2.85. The monoisotopic (exact) mass is 465 g/mol. The fourth-order valence-corrected chi connectivity index (χ4v) is 6.98. The van der Waals surface area contributed by atoms with Crippen molar-refractivity contribution < 1.29 is 19.1 Å². The number of piperidine rings is 1. The number of rotatable bonds is 5. The van der Waals surface area contributed by atoms with E-state index in [1.807, 2.05) is 18.2 Å². The number of hydrogen-bond acceptors (Lipinski definition) is 5. The van der Waals surface area contributed by atoms with Gasteiger partial charge in [-0.2, -0.15) is 0 Å². The first-order valence-electron chi connectivity index (χ1n) is 13.2. The average Bonchev–Trinajstić information content (AvgIpc) is 3.42. The van der Waals surface area contributed by atoms with Gasteiger partial charge in [0.25, 0.3) is 5.91 Å². The smallest absolute Gasteiger partial charge is 0.255 e. The molecule has 3 amide bonds. The average molecular weight is 466 g/mol. The van der Waals surface area contributed by atoms with Crippen molar-refractivity contribution in [2.75, 3.05) is 13.1 Å². The van der Waals surface area contributed by atoms with E-state index in [9.17, 15) is 14.4 Å². The molecule has 0 bridgehead atoms. The highest BCUT2D eigenvalue weighted by atomic mass is 16.5. The molecule has 1 aromatic carbocycles. The summed E-state index contributed by atoms with van der Waals surface area (Å²) in [5.74, 6) is 1.88. The van der Waals surface area contributed by atoms with Crippen LogP contribution in [0, 0.1) is 11.8 Å². The first-order chi connectivity index (χ1) is 16.6. The second-order valence-electron chi connectivity index (χ2n) is 11.0. The van der Waals surface area contributed by atoms with Gasteiger partial charge in [-0.3, -0.25) is 24.6 Å². The van der Waals surface area contributed by atoms with Crippen LogP contribution in [0.1, 0.15) is 80.1 Å². The number of likely N-dealkylation sites (tertiary alicyclic amines) is 1. The molecular formula is C27H35N3O4. The summed E-state index contributed by atoms with van der Waals surface area (Å²) in [5.41, 5.74) is 1.55. The van der Waals surface area contributed by atoms with Crippen LogP contribution in [-0.4, -0.2) is 58.8 Å². The zero-order valence-corrected chi connectivity index (χ0v) is 19.8. The molecule has 5 aliphatic rings. The van der Waals surface area contributed by atoms with Crippen molar-refractivity contribution in [3.63, 3.8) is 0 Å². The lowest BCUT2D eigenvalue weighted by Gasteiger charge is -2.50. The van der Waals surface area contributed by atoms with Crippen molar-refractivity contribution in [2.45, 2.75) is 88.9 Å². The van der Waals surface area contributed by atoms with Gasteiger partial charge in [0.15, 0.2) is 0 Å². The molecule has 3 aliphatic heterocycles. The molecule has 3 heterocycles. The summed E-state index contributed by atoms with van der Waals surface area (Å²) in [7, 11) is 0. The summed E-state index contributed by atoms with van der Waals surface area (Å²) in [6.07, 6.45) is 11.3. The van der Waals surface area contributed by atoms with Crippen LogP contribution in [-0.2, 0) is 16.1 Å². The Morgan fingerprint density at radius 3 is 2.44 bits per heavy atom. The normalized spacial score (nSPS) is 30.9. The Morgan fingerprint density at radius 1 is 0.882 bits per heavy atom. The number of carbonyl (C=O) groups excluding carboxylic acids is 3. The van der Waals surface area contributed by atoms with Crippen LogP contribution in [0.4, 0.5) is 0 Å². The number of nitrogens with zero attached hydrogens (tertiary/aromatic N) is 2. The minimum absolute atomic E-state index is 0.134. The Bertz CT molecular complexity index is 982. The highest BCUT2D eigenvalue weighted by Gasteiger charge is 2.42. The van der Waals surface area contributed by atoms with Crippen LogP contribution in [0.5, 0.6) is 5.75 Å². The van der Waals surface area contributed by atoms with Crippen LogP contribution in [0.25, 0.3) is 0 Å². The number of carbonyl (C=O) groups is 3. The largest absolute Gasteiger partial charge is 0.489 e. The molecule has 182 valence electrons. The van der Waals surface area contributed by atoms with Crippen LogP contribution in [0.3, 0.4) is 0 Å². The topological polar surface area (TPSA) is 79.0 Å². The molecule has 34 heavy (non-hydrogen) atoms. The Kier molecular flexibility index (Phi) is 5.84. The van der Waals surface area contributed by atoms with Gasteiger partial charge in [-0.1, -0.05) is 32.1 Å². The number of ether oxygens (including phenoxy) is 1. The highest BCUT2D eigenvalue weighted by molar-refractivity contribution is 6.05. The molecule has 0 aromatic heterocycles. The zero-order chi connectivity index (χ0) is 23.2. The van der Waals surface area contributed by atoms with Crippen molar-refractivity contribution >= 4 is 17.7 Å². The van der Waals surface area contributed by atoms with E-state index in [0.717, 1.165) is 29.6 Å². The van der Waals surface area contributed by atoms with E-state index in [1.165, 1.54) is 58.0 Å². The molecule has 1 aromatic rings. The molecular weight excluding hydrogens is 430 g/mol. The van der Waals surface area contributed by atoms with Gasteiger partial charge in [0.2, 0.25) is 11.8 Å². The second-order valence-corrected chi connectivity index (χ2v) is 11.0. The molecule has 6 rings (SSSR count). The van der Waals surface area contributed by atoms with Crippen LogP contribution in [0.2, 0.25) is 0 Å². The van der Waals surface area contributed by atoms with E-state index in [2.05, 4.69) is 10.2 Å². The molecule has 1 unspecified atom stereocenters. The molecule has 3 atom stereocenters. The SMILES string of the molecule is O=C1CCC(N2Cc3cc(O[C@H]4CCCC[C@H]4N4CC(C5CCCC5)C4)ccc3C2=O)C(=O)N1. The number of hydrogen-bond donors (Lipinski definition) is 1. The number of imide groups is 1. The number of benzene rings is 1. The van der Waals surface area contributed by atoms with Gasteiger partial charge >= 0.3 is 0 Å². The van der Waals surface area contributed by atoms with E-state index in [-0.39, 0.29) is 30.2 Å². The van der Waals surface area contributed by atoms with Crippen molar-refractivity contribution in [2.24, 2.45) is 11.8 Å². The molecule has 7 nitrogen and oxygen atoms in total. The molecule has 2 saturated heterocycles. The predicted octanol–water partition coefficient (Wildman–Crippen LogP) is 3.26. The summed E-state index contributed by atoms with van der Waals surface area (Å²) < 4.78 is 6.57. The Balaban J connectivity index is 1.11. The third-order valence-electron chi connectivity index (χ3n) is 8.92. The Morgan fingerprint density at radius 2 is 1.65 bits per heavy atom. The van der Waals surface area contributed by atoms with Crippen molar-refractivity contribution in [1.82, 2.24) is 15.1 Å². The van der Waals surface area contributed by atoms with E-state index in [0.29, 0.717) is 24.6 Å². The summed E-state index contributed by atoms with van der Waals surface area (Å²) in [5, 5.41) is 2.37. The molecule has 2 saturated carbocycles. The summed E-state index contributed by atoms with van der Waals surface area (Å²) in [4.78, 5) is 41.0. The predicted molar refractivity (Wildman–Crippen MR) is 126 cm³/mol. The fourth-order valence-electron chi connectivity index (χ4n) is 6.98. The lowest BCUT2D eigenvalue weighted by molar-refractivity contribution is -0.136. The Labute approximate surface area is 201 Å². The lowest BCUT2D eigenvalue weighted by Crippen LogP contribution is -2.59. The lowest BCUT2D eigenvalue weighted by atomic mass is 9.81. The van der Waals surface area contributed by atoms with Crippen LogP contribution in [0.15, 0.2) is 18.2 Å². The van der Waals surface area contributed by atoms with Gasteiger partial charge in [-0.25, -0.2) is 0 Å². The minimum Gasteiger partial charge on any atom is -0.489 e. The quantitative estimate of drug-likeness (QED) is 0.676. The van der Waals surface area contributed by atoms with Crippen LogP contribution >= 0.6 is 0 Å². The van der Waals surface area contributed by atoms with Gasteiger partial charge < -0.3 is 9.64 Å². The van der Waals surface area contributed by atoms with Crippen molar-refractivity contribution in [1.29, 1.82) is 0 Å². The second kappa shape index (κ2) is 8.99. The molecule has 4 fully saturated rings. The summed E-state index contributed by atoms with van der Waals surface area (Å²) >= 11 is 0. The first-order valence-corrected chi connectivity index (χ1v) is 13.2. The van der Waals surface area contributed by atoms with Gasteiger partial charge in [-0.05, 0) is 61.3 Å². The number of amides is 3. The molecule has 0 radical (unpaired) electrons. The number of fused-ring (bicyclic) bond motifs is 1. The maximum atomic E-state index is 13.0. The van der Waals surface area contributed by atoms with Crippen molar-refractivity contribution in [3.8, 4) is 5.75 Å². The fraction of sp³-hybridized carbons (Fsp3) is 0.667. The third-order valence-corrected chi connectivity index (χ3v) is 8.92. The minimum atomic E-state index is -0.580. The van der Waals surface area contributed by atoms with E-state index in [4.69, 9.17) is 4.74 Å². The van der Waals surface area contributed by atoms with E-state index in [1.54, 1.807) is 4.90 Å². The van der Waals surface area contributed by atoms with Gasteiger partial charge in [0.1, 0.15) is 17.9 Å². The van der Waals surface area contributed by atoms with E-state index < -0.39 is 6.04 Å². The van der Waals surface area contributed by atoms with Gasteiger partial charge in [0, 0.05) is 37.7 Å². The van der Waals surface area contributed by atoms with E-state index >= 15 is 0 Å². The molecule has 2 aliphatic carbocycles. The number of nitrogens with one attached hydrogen (secondary N) is 1. The molecule has 7 heteroatoms. The van der Waals surface area contributed by atoms with Crippen molar-refractivity contribution in [3.05, 3.63) is 29.3 Å². The summed E-state index contributed by atoms with van der Waals surface area (Å²) in [6, 6.07) is 5.65. The third kappa shape index (κ3) is 4.02. The standard InChI is InChI=1S/C27H35N3O4/c31-25-12-11-23(26(32)28-25)30-16-18-13-20(9-10-21(18)27(30)33)34-24-8-4-3-7-22(24)29-14-19(15-29)17-5-1-2-6-17/h9-10,13,17,19,22-24H,1-8,11-12,14-16H2,(H,28,31,32)/t22-,23?,24+/m1/s1. The van der Waals surface area contributed by atoms with Gasteiger partial charge in [-0.15, -0.1) is 0 Å².